The number of nitrogens with zero attached hydrogens (tertiary/aromatic N) is 1. The number of hydrogen-bond acceptors (Lipinski definition) is 5. The van der Waals surface area contributed by atoms with Gasteiger partial charge in [-0.3, -0.25) is 0 Å². The van der Waals surface area contributed by atoms with Gasteiger partial charge in [0.05, 0.1) is 7.11 Å². The molecule has 0 spiro atoms. The van der Waals surface area contributed by atoms with Crippen LogP contribution in [0.15, 0.2) is 72.8 Å². The monoisotopic (exact) mass is 553 g/mol. The second-order valence-electron chi connectivity index (χ2n) is 9.93. The molecule has 3 amide bonds. The average molecular weight is 554 g/mol. The van der Waals surface area contributed by atoms with Crippen LogP contribution < -0.4 is 20.5 Å². The summed E-state index contributed by atoms with van der Waals surface area (Å²) in [5.74, 6) is 1.00. The summed E-state index contributed by atoms with van der Waals surface area (Å²) in [6.07, 6.45) is 0.429. The van der Waals surface area contributed by atoms with Crippen LogP contribution in [0.5, 0.6) is 11.5 Å². The number of benzene rings is 3. The van der Waals surface area contributed by atoms with Gasteiger partial charge in [0.25, 0.3) is 0 Å². The lowest BCUT2D eigenvalue weighted by Crippen LogP contribution is -2.42. The molecule has 0 heterocycles. The van der Waals surface area contributed by atoms with Crippen LogP contribution in [0.2, 0.25) is 0 Å². The van der Waals surface area contributed by atoms with Gasteiger partial charge in [-0.1, -0.05) is 55.5 Å². The van der Waals surface area contributed by atoms with Crippen LogP contribution in [-0.2, 0) is 24.3 Å². The Hall–Kier alpha value is -4.27. The maximum atomic E-state index is 12.2. The molecule has 0 unspecified atom stereocenters. The van der Waals surface area contributed by atoms with Crippen LogP contribution in [0.1, 0.15) is 44.4 Å². The number of hydrogen-bond donors (Lipinski definition) is 2. The first-order valence-corrected chi connectivity index (χ1v) is 13.1. The van der Waals surface area contributed by atoms with Crippen LogP contribution in [-0.4, -0.2) is 42.8 Å². The third-order valence-corrected chi connectivity index (χ3v) is 5.52. The predicted octanol–water partition coefficient (Wildman–Crippen LogP) is 6.07. The molecule has 9 heteroatoms. The van der Waals surface area contributed by atoms with Crippen molar-refractivity contribution >= 4 is 12.1 Å². The van der Waals surface area contributed by atoms with Crippen molar-refractivity contribution in [2.45, 2.75) is 52.9 Å². The molecule has 0 atom stereocenters. The number of alkyl carbamates (subject to hydrolysis) is 1. The molecule has 40 heavy (non-hydrogen) atoms. The molecular formula is C31H40FN3O5. The fourth-order valence-corrected chi connectivity index (χ4v) is 3.48. The van der Waals surface area contributed by atoms with E-state index in [0.29, 0.717) is 18.1 Å². The number of rotatable bonds is 10. The highest BCUT2D eigenvalue weighted by atomic mass is 19.1. The van der Waals surface area contributed by atoms with E-state index in [1.54, 1.807) is 52.1 Å². The van der Waals surface area contributed by atoms with Crippen molar-refractivity contribution in [1.29, 1.82) is 0 Å². The lowest BCUT2D eigenvalue weighted by molar-refractivity contribution is 0.0523. The van der Waals surface area contributed by atoms with Gasteiger partial charge in [0.2, 0.25) is 0 Å². The van der Waals surface area contributed by atoms with Gasteiger partial charge in [0, 0.05) is 19.6 Å². The molecule has 0 aliphatic heterocycles. The van der Waals surface area contributed by atoms with E-state index in [-0.39, 0.29) is 25.5 Å². The fraction of sp³-hybridized carbons (Fsp3) is 0.355. The number of primary amides is 1. The number of aryl methyl sites for hydroxylation is 1. The summed E-state index contributed by atoms with van der Waals surface area (Å²) in [7, 11) is 1.56. The summed E-state index contributed by atoms with van der Waals surface area (Å²) in [5.41, 5.74) is 7.96. The zero-order valence-electron chi connectivity index (χ0n) is 23.9. The molecule has 3 aromatic carbocycles. The zero-order valence-corrected chi connectivity index (χ0v) is 23.9. The lowest BCUT2D eigenvalue weighted by Gasteiger charge is -2.23. The van der Waals surface area contributed by atoms with Crippen molar-refractivity contribution in [3.8, 4) is 11.5 Å². The number of ether oxygens (including phenoxy) is 3. The van der Waals surface area contributed by atoms with Gasteiger partial charge in [-0.05, 0) is 68.1 Å². The Balaban J connectivity index is 0.000000526. The van der Waals surface area contributed by atoms with Crippen LogP contribution in [0, 0.1) is 5.82 Å². The van der Waals surface area contributed by atoms with Gasteiger partial charge < -0.3 is 30.2 Å². The molecule has 0 fully saturated rings. The number of urea groups is 1. The molecule has 0 bridgehead atoms. The molecule has 0 aromatic heterocycles. The first-order valence-electron chi connectivity index (χ1n) is 13.1. The SMILES string of the molecule is CCc1ccc(F)cc1.COc1cc(CN(CCNC(=O)OC(C)(C)C)C(N)=O)ccc1OCc1ccccc1. The Labute approximate surface area is 236 Å². The summed E-state index contributed by atoms with van der Waals surface area (Å²) in [4.78, 5) is 25.0. The van der Waals surface area contributed by atoms with Crippen LogP contribution in [0.4, 0.5) is 14.0 Å². The third kappa shape index (κ3) is 12.1. The van der Waals surface area contributed by atoms with Gasteiger partial charge in [-0.25, -0.2) is 14.0 Å². The highest BCUT2D eigenvalue weighted by molar-refractivity contribution is 5.72. The van der Waals surface area contributed by atoms with Gasteiger partial charge in [0.1, 0.15) is 18.0 Å². The second kappa shape index (κ2) is 16.0. The molecule has 3 N–H and O–H groups in total. The molecule has 0 aliphatic rings. The molecule has 0 saturated heterocycles. The van der Waals surface area contributed by atoms with Crippen LogP contribution in [0.3, 0.4) is 0 Å². The third-order valence-electron chi connectivity index (χ3n) is 5.52. The lowest BCUT2D eigenvalue weighted by atomic mass is 10.2. The van der Waals surface area contributed by atoms with E-state index in [0.717, 1.165) is 17.5 Å². The van der Waals surface area contributed by atoms with Crippen molar-refractivity contribution in [2.24, 2.45) is 5.73 Å². The second-order valence-corrected chi connectivity index (χ2v) is 9.93. The molecule has 0 aliphatic carbocycles. The number of halogens is 1. The molecule has 0 saturated carbocycles. The number of amides is 3. The van der Waals surface area contributed by atoms with E-state index < -0.39 is 17.7 Å². The maximum absolute atomic E-state index is 12.2. The normalized spacial score (nSPS) is 10.6. The number of carbonyl (C=O) groups is 2. The van der Waals surface area contributed by atoms with E-state index in [1.807, 2.05) is 43.3 Å². The summed E-state index contributed by atoms with van der Waals surface area (Å²) in [6.45, 7) is 8.53. The largest absolute Gasteiger partial charge is 0.493 e. The number of nitrogens with one attached hydrogen (secondary N) is 1. The molecule has 216 valence electrons. The van der Waals surface area contributed by atoms with Crippen molar-refractivity contribution in [3.05, 3.63) is 95.3 Å². The van der Waals surface area contributed by atoms with Gasteiger partial charge in [-0.2, -0.15) is 0 Å². The van der Waals surface area contributed by atoms with Gasteiger partial charge in [-0.15, -0.1) is 0 Å². The zero-order chi connectivity index (χ0) is 29.5. The predicted molar refractivity (Wildman–Crippen MR) is 154 cm³/mol. The smallest absolute Gasteiger partial charge is 0.407 e. The molecule has 0 radical (unpaired) electrons. The van der Waals surface area contributed by atoms with Crippen molar-refractivity contribution in [1.82, 2.24) is 10.2 Å². The Morgan fingerprint density at radius 1 is 0.925 bits per heavy atom. The first-order chi connectivity index (χ1) is 19.0. The van der Waals surface area contributed by atoms with Crippen molar-refractivity contribution < 1.29 is 28.2 Å². The minimum absolute atomic E-state index is 0.160. The average Bonchev–Trinajstić information content (AvgIpc) is 2.92. The Bertz CT molecular complexity index is 1200. The number of methoxy groups -OCH3 is 1. The van der Waals surface area contributed by atoms with E-state index in [9.17, 15) is 14.0 Å². The van der Waals surface area contributed by atoms with Crippen molar-refractivity contribution in [3.63, 3.8) is 0 Å². The van der Waals surface area contributed by atoms with Crippen LogP contribution in [0.25, 0.3) is 0 Å². The molecule has 3 aromatic rings. The highest BCUT2D eigenvalue weighted by Gasteiger charge is 2.17. The Morgan fingerprint density at radius 3 is 2.15 bits per heavy atom. The minimum atomic E-state index is -0.589. The molecular weight excluding hydrogens is 513 g/mol. The highest BCUT2D eigenvalue weighted by Crippen LogP contribution is 2.29. The molecule has 8 nitrogen and oxygen atoms in total. The van der Waals surface area contributed by atoms with Crippen molar-refractivity contribution in [2.75, 3.05) is 20.2 Å². The first kappa shape index (κ1) is 31.9. The van der Waals surface area contributed by atoms with Gasteiger partial charge >= 0.3 is 12.1 Å². The molecule has 3 rings (SSSR count). The Morgan fingerprint density at radius 2 is 1.57 bits per heavy atom. The van der Waals surface area contributed by atoms with Gasteiger partial charge in [0.15, 0.2) is 11.5 Å². The van der Waals surface area contributed by atoms with E-state index in [2.05, 4.69) is 5.32 Å². The standard InChI is InChI=1S/C23H31N3O5.C8H9F/c1-23(2,3)31-22(28)25-12-13-26(21(24)27)15-18-10-11-19(20(14-18)29-4)30-16-17-8-6-5-7-9-17;1-2-7-3-5-8(9)6-4-7/h5-11,14H,12-13,15-16H2,1-4H3,(H2,24,27)(H,25,28);3-6H,2H2,1H3. The minimum Gasteiger partial charge on any atom is -0.493 e. The maximum Gasteiger partial charge on any atom is 0.407 e. The fourth-order valence-electron chi connectivity index (χ4n) is 3.48. The Kier molecular flexibility index (Phi) is 12.8. The summed E-state index contributed by atoms with van der Waals surface area (Å²) >= 11 is 0. The quantitative estimate of drug-likeness (QED) is 0.317. The topological polar surface area (TPSA) is 103 Å². The number of nitrogens with two attached hydrogens (primary N) is 1. The van der Waals surface area contributed by atoms with E-state index in [1.165, 1.54) is 22.6 Å². The number of carbonyl (C=O) groups excluding carboxylic acids is 2. The van der Waals surface area contributed by atoms with Crippen LogP contribution >= 0.6 is 0 Å². The summed E-state index contributed by atoms with van der Waals surface area (Å²) in [6, 6.07) is 21.3. The van der Waals surface area contributed by atoms with E-state index in [4.69, 9.17) is 19.9 Å². The summed E-state index contributed by atoms with van der Waals surface area (Å²) < 4.78 is 28.7. The van der Waals surface area contributed by atoms with E-state index >= 15 is 0 Å². The summed E-state index contributed by atoms with van der Waals surface area (Å²) in [5, 5.41) is 2.62.